The van der Waals surface area contributed by atoms with Crippen LogP contribution in [0.4, 0.5) is 5.69 Å². The minimum Gasteiger partial charge on any atom is -0.323 e. The lowest BCUT2D eigenvalue weighted by molar-refractivity contribution is -0.111. The number of benzene rings is 1. The maximum Gasteiger partial charge on any atom is 0.248 e. The van der Waals surface area contributed by atoms with Crippen molar-refractivity contribution >= 4 is 50.5 Å². The van der Waals surface area contributed by atoms with Crippen molar-refractivity contribution in [2.24, 2.45) is 0 Å². The van der Waals surface area contributed by atoms with Gasteiger partial charge in [0.05, 0.1) is 5.71 Å². The number of nitrogens with one attached hydrogen (secondary N) is 2. The summed E-state index contributed by atoms with van der Waals surface area (Å²) in [5.74, 6) is 0.596. The number of rotatable bonds is 5. The van der Waals surface area contributed by atoms with Gasteiger partial charge in [0.25, 0.3) is 0 Å². The van der Waals surface area contributed by atoms with Crippen molar-refractivity contribution in [2.75, 3.05) is 24.7 Å². The Morgan fingerprint density at radius 1 is 1.24 bits per heavy atom. The molecule has 0 spiro atoms. The van der Waals surface area contributed by atoms with E-state index in [0.29, 0.717) is 40.0 Å². The van der Waals surface area contributed by atoms with Crippen LogP contribution in [0.2, 0.25) is 5.02 Å². The normalized spacial score (nSPS) is 20.8. The second-order valence-corrected chi connectivity index (χ2v) is 11.0. The second kappa shape index (κ2) is 14.7. The number of halogens is 1. The summed E-state index contributed by atoms with van der Waals surface area (Å²) in [5, 5.41) is 12.1. The minimum atomic E-state index is -0.243. The van der Waals surface area contributed by atoms with Gasteiger partial charge in [0.1, 0.15) is 0 Å². The lowest BCUT2D eigenvalue weighted by Gasteiger charge is -2.31. The molecule has 0 unspecified atom stereocenters. The van der Waals surface area contributed by atoms with Crippen molar-refractivity contribution in [1.29, 1.82) is 5.41 Å². The van der Waals surface area contributed by atoms with Gasteiger partial charge < -0.3 is 10.7 Å². The number of hydrogen-bond acceptors (Lipinski definition) is 5. The number of amides is 1. The van der Waals surface area contributed by atoms with E-state index in [9.17, 15) is 4.79 Å². The third-order valence-electron chi connectivity index (χ3n) is 5.62. The van der Waals surface area contributed by atoms with Gasteiger partial charge in [-0.25, -0.2) is 0 Å². The average Bonchev–Trinajstić information content (AvgIpc) is 2.88. The third kappa shape index (κ3) is 9.36. The number of hydrogen-bond donors (Lipinski definition) is 2. The Kier molecular flexibility index (Phi) is 12.4. The van der Waals surface area contributed by atoms with Crippen LogP contribution in [-0.2, 0) is 4.79 Å². The minimum absolute atomic E-state index is 0.243. The summed E-state index contributed by atoms with van der Waals surface area (Å²) < 4.78 is 0. The molecular formula is C26H36ClN3OS2. The molecule has 7 heteroatoms. The summed E-state index contributed by atoms with van der Waals surface area (Å²) in [5.41, 5.74) is 2.39. The Bertz CT molecular complexity index is 874. The zero-order chi connectivity index (χ0) is 24.2. The molecule has 1 aliphatic heterocycles. The van der Waals surface area contributed by atoms with Gasteiger partial charge in [-0.3, -0.25) is 9.69 Å². The highest BCUT2D eigenvalue weighted by atomic mass is 35.5. The molecule has 1 aromatic rings. The lowest BCUT2D eigenvalue weighted by Crippen LogP contribution is -2.34. The molecule has 1 saturated carbocycles. The molecule has 0 radical (unpaired) electrons. The first-order valence-electron chi connectivity index (χ1n) is 11.7. The fraction of sp³-hybridized carbons (Fsp3) is 0.462. The molecule has 1 amide bonds. The van der Waals surface area contributed by atoms with Crippen LogP contribution >= 0.6 is 33.2 Å². The van der Waals surface area contributed by atoms with Crippen LogP contribution in [0.15, 0.2) is 59.0 Å². The number of carbonyl (C=O) groups is 1. The van der Waals surface area contributed by atoms with Gasteiger partial charge >= 0.3 is 0 Å². The Morgan fingerprint density at radius 3 is 2.58 bits per heavy atom. The summed E-state index contributed by atoms with van der Waals surface area (Å²) in [6.07, 6.45) is 10.7. The summed E-state index contributed by atoms with van der Waals surface area (Å²) >= 11 is 5.90. The standard InChI is InChI=1S/C24H30ClN3OS2.C2H6/c1-17-14-22(16-28(2)21-6-4-3-5-7-21)31-30-13-12-18(24(17)26)15-23(29)27-20-10-8-19(25)9-11-20;1-2/h8-11,14-15,21,26H,1,3-7,12-13,16H2,2H3,(H,27,29);1-2H3/b18-15-,22-14-,26-24?;. The third-order valence-corrected chi connectivity index (χ3v) is 8.32. The number of nitrogens with zero attached hydrogens (tertiary/aromatic N) is 1. The van der Waals surface area contributed by atoms with Crippen LogP contribution in [0.1, 0.15) is 52.4 Å². The van der Waals surface area contributed by atoms with Crippen LogP contribution in [0, 0.1) is 5.41 Å². The highest BCUT2D eigenvalue weighted by Crippen LogP contribution is 2.35. The number of carbonyl (C=O) groups excluding carboxylic acids is 1. The molecule has 0 saturated heterocycles. The Hall–Kier alpha value is -1.47. The summed E-state index contributed by atoms with van der Waals surface area (Å²) in [6.45, 7) is 9.01. The van der Waals surface area contributed by atoms with Crippen LogP contribution in [0.25, 0.3) is 0 Å². The molecule has 0 aromatic heterocycles. The van der Waals surface area contributed by atoms with E-state index in [4.69, 9.17) is 17.0 Å². The van der Waals surface area contributed by atoms with Gasteiger partial charge in [-0.2, -0.15) is 0 Å². The first kappa shape index (κ1) is 27.8. The molecule has 0 atom stereocenters. The van der Waals surface area contributed by atoms with E-state index in [-0.39, 0.29) is 5.91 Å². The Balaban J connectivity index is 0.00000187. The molecule has 1 aliphatic carbocycles. The van der Waals surface area contributed by atoms with E-state index in [1.165, 1.54) is 43.1 Å². The lowest BCUT2D eigenvalue weighted by atomic mass is 9.94. The van der Waals surface area contributed by atoms with Gasteiger partial charge in [-0.1, -0.05) is 72.9 Å². The largest absolute Gasteiger partial charge is 0.323 e. The molecule has 33 heavy (non-hydrogen) atoms. The highest BCUT2D eigenvalue weighted by Gasteiger charge is 2.20. The summed E-state index contributed by atoms with van der Waals surface area (Å²) in [4.78, 5) is 16.2. The maximum absolute atomic E-state index is 12.5. The fourth-order valence-electron chi connectivity index (χ4n) is 3.87. The second-order valence-electron chi connectivity index (χ2n) is 8.04. The van der Waals surface area contributed by atoms with Crippen molar-refractivity contribution in [1.82, 2.24) is 4.90 Å². The molecule has 1 fully saturated rings. The molecule has 2 N–H and O–H groups in total. The fourth-order valence-corrected chi connectivity index (χ4v) is 6.24. The number of allylic oxidation sites excluding steroid dienone is 3. The van der Waals surface area contributed by atoms with E-state index in [1.807, 2.05) is 19.9 Å². The van der Waals surface area contributed by atoms with Crippen molar-refractivity contribution in [3.63, 3.8) is 0 Å². The van der Waals surface area contributed by atoms with E-state index < -0.39 is 0 Å². The topological polar surface area (TPSA) is 56.2 Å². The predicted molar refractivity (Wildman–Crippen MR) is 149 cm³/mol. The van der Waals surface area contributed by atoms with Crippen molar-refractivity contribution in [3.05, 3.63) is 64.1 Å². The van der Waals surface area contributed by atoms with Crippen LogP contribution in [0.3, 0.4) is 0 Å². The van der Waals surface area contributed by atoms with E-state index in [1.54, 1.807) is 45.9 Å². The Morgan fingerprint density at radius 2 is 1.91 bits per heavy atom. The van der Waals surface area contributed by atoms with E-state index in [0.717, 1.165) is 12.3 Å². The molecule has 0 bridgehead atoms. The molecule has 1 heterocycles. The predicted octanol–water partition coefficient (Wildman–Crippen LogP) is 7.74. The summed E-state index contributed by atoms with van der Waals surface area (Å²) in [6, 6.07) is 7.64. The first-order chi connectivity index (χ1) is 15.9. The molecular weight excluding hydrogens is 470 g/mol. The molecule has 2 aliphatic rings. The van der Waals surface area contributed by atoms with Crippen molar-refractivity contribution < 1.29 is 4.79 Å². The van der Waals surface area contributed by atoms with Crippen LogP contribution in [0.5, 0.6) is 0 Å². The van der Waals surface area contributed by atoms with Crippen LogP contribution in [-0.4, -0.2) is 41.9 Å². The monoisotopic (exact) mass is 505 g/mol. The first-order valence-corrected chi connectivity index (χ1v) is 14.4. The molecule has 180 valence electrons. The average molecular weight is 506 g/mol. The zero-order valence-corrected chi connectivity index (χ0v) is 22.3. The SMILES string of the molecule is C=C1/C=C(/CN(C)C2CCCCC2)SSCC/C(=C/C(=O)Nc2ccc(Cl)cc2)C1=N.CC. The number of likely N-dealkylation sites (N-methyl/N-ethyl adjacent to an activating group) is 1. The summed E-state index contributed by atoms with van der Waals surface area (Å²) in [7, 11) is 5.75. The quantitative estimate of drug-likeness (QED) is 0.317. The molecule has 3 rings (SSSR count). The number of anilines is 1. The van der Waals surface area contributed by atoms with E-state index >= 15 is 0 Å². The van der Waals surface area contributed by atoms with Gasteiger partial charge in [-0.15, -0.1) is 0 Å². The van der Waals surface area contributed by atoms with Gasteiger partial charge in [0, 0.05) is 40.0 Å². The van der Waals surface area contributed by atoms with Crippen LogP contribution < -0.4 is 5.32 Å². The van der Waals surface area contributed by atoms with Gasteiger partial charge in [0.2, 0.25) is 5.91 Å². The molecule has 4 nitrogen and oxygen atoms in total. The van der Waals surface area contributed by atoms with Crippen molar-refractivity contribution in [2.45, 2.75) is 58.4 Å². The van der Waals surface area contributed by atoms with Gasteiger partial charge in [-0.05, 0) is 67.8 Å². The van der Waals surface area contributed by atoms with Crippen molar-refractivity contribution in [3.8, 4) is 0 Å². The maximum atomic E-state index is 12.5. The Labute approximate surface area is 212 Å². The molecule has 1 aromatic carbocycles. The smallest absolute Gasteiger partial charge is 0.248 e. The highest BCUT2D eigenvalue weighted by molar-refractivity contribution is 8.78. The zero-order valence-electron chi connectivity index (χ0n) is 20.0. The van der Waals surface area contributed by atoms with E-state index in [2.05, 4.69) is 23.8 Å². The van der Waals surface area contributed by atoms with Gasteiger partial charge in [0.15, 0.2) is 0 Å².